The summed E-state index contributed by atoms with van der Waals surface area (Å²) in [5, 5.41) is 9.53. The van der Waals surface area contributed by atoms with E-state index in [1.54, 1.807) is 13.8 Å². The number of carbonyl (C=O) groups is 1. The molecule has 0 heterocycles. The highest BCUT2D eigenvalue weighted by atomic mass is 16.3. The summed E-state index contributed by atoms with van der Waals surface area (Å²) >= 11 is 0. The van der Waals surface area contributed by atoms with Crippen molar-refractivity contribution < 1.29 is 9.90 Å². The molecule has 78 valence electrons. The van der Waals surface area contributed by atoms with E-state index in [0.717, 1.165) is 23.1 Å². The number of allylic oxidation sites excluding steroid dienone is 2. The third-order valence-corrected chi connectivity index (χ3v) is 3.00. The van der Waals surface area contributed by atoms with Gasteiger partial charge in [-0.05, 0) is 44.3 Å². The number of hydrogen-bond donors (Lipinski definition) is 1. The Morgan fingerprint density at radius 2 is 2.14 bits per heavy atom. The molecule has 1 aliphatic carbocycles. The van der Waals surface area contributed by atoms with Gasteiger partial charge in [0.05, 0.1) is 6.10 Å². The molecule has 2 atom stereocenters. The number of hydrogen-bond acceptors (Lipinski definition) is 2. The molecule has 0 saturated heterocycles. The van der Waals surface area contributed by atoms with E-state index in [2.05, 4.69) is 6.58 Å². The summed E-state index contributed by atoms with van der Waals surface area (Å²) in [5.41, 5.74) is 2.66. The first-order chi connectivity index (χ1) is 6.43. The van der Waals surface area contributed by atoms with Gasteiger partial charge in [0, 0.05) is 6.42 Å². The second-order valence-corrected chi connectivity index (χ2v) is 4.20. The van der Waals surface area contributed by atoms with Crippen molar-refractivity contribution in [1.29, 1.82) is 0 Å². The van der Waals surface area contributed by atoms with Crippen molar-refractivity contribution >= 4 is 5.78 Å². The van der Waals surface area contributed by atoms with Crippen LogP contribution in [-0.2, 0) is 4.79 Å². The molecule has 0 aliphatic heterocycles. The average molecular weight is 194 g/mol. The van der Waals surface area contributed by atoms with E-state index in [-0.39, 0.29) is 11.7 Å². The van der Waals surface area contributed by atoms with Crippen LogP contribution in [0.3, 0.4) is 0 Å². The monoisotopic (exact) mass is 194 g/mol. The molecule has 0 radical (unpaired) electrons. The van der Waals surface area contributed by atoms with Gasteiger partial charge in [-0.25, -0.2) is 0 Å². The first-order valence-corrected chi connectivity index (χ1v) is 4.99. The number of rotatable bonds is 2. The third-order valence-electron chi connectivity index (χ3n) is 3.00. The molecule has 0 fully saturated rings. The van der Waals surface area contributed by atoms with E-state index >= 15 is 0 Å². The van der Waals surface area contributed by atoms with Crippen LogP contribution in [0.5, 0.6) is 0 Å². The Balaban J connectivity index is 2.96. The van der Waals surface area contributed by atoms with Crippen LogP contribution < -0.4 is 0 Å². The SMILES string of the molecule is C=C(C)C1CC(=O)C(C)=C(C(C)O)C1. The number of aliphatic hydroxyl groups excluding tert-OH is 1. The summed E-state index contributed by atoms with van der Waals surface area (Å²) in [6, 6.07) is 0. The lowest BCUT2D eigenvalue weighted by Gasteiger charge is -2.26. The second-order valence-electron chi connectivity index (χ2n) is 4.20. The van der Waals surface area contributed by atoms with Gasteiger partial charge in [-0.3, -0.25) is 4.79 Å². The fourth-order valence-corrected chi connectivity index (χ4v) is 1.88. The molecular weight excluding hydrogens is 176 g/mol. The molecule has 0 bridgehead atoms. The molecule has 2 nitrogen and oxygen atoms in total. The van der Waals surface area contributed by atoms with E-state index in [1.165, 1.54) is 0 Å². The van der Waals surface area contributed by atoms with Crippen molar-refractivity contribution in [1.82, 2.24) is 0 Å². The van der Waals surface area contributed by atoms with Crippen LogP contribution in [0.15, 0.2) is 23.3 Å². The van der Waals surface area contributed by atoms with Gasteiger partial charge in [-0.1, -0.05) is 12.2 Å². The lowest BCUT2D eigenvalue weighted by atomic mass is 9.79. The van der Waals surface area contributed by atoms with E-state index < -0.39 is 6.10 Å². The minimum atomic E-state index is -0.513. The summed E-state index contributed by atoms with van der Waals surface area (Å²) in [4.78, 5) is 11.6. The molecule has 0 spiro atoms. The minimum Gasteiger partial charge on any atom is -0.389 e. The zero-order chi connectivity index (χ0) is 10.9. The predicted octanol–water partition coefficient (Wildman–Crippen LogP) is 2.24. The van der Waals surface area contributed by atoms with Crippen molar-refractivity contribution in [3.05, 3.63) is 23.3 Å². The van der Waals surface area contributed by atoms with E-state index in [0.29, 0.717) is 6.42 Å². The van der Waals surface area contributed by atoms with Crippen molar-refractivity contribution in [2.45, 2.75) is 39.7 Å². The highest BCUT2D eigenvalue weighted by Crippen LogP contribution is 2.32. The van der Waals surface area contributed by atoms with Crippen LogP contribution in [0.2, 0.25) is 0 Å². The largest absolute Gasteiger partial charge is 0.389 e. The first kappa shape index (κ1) is 11.2. The maximum absolute atomic E-state index is 11.6. The van der Waals surface area contributed by atoms with Crippen LogP contribution >= 0.6 is 0 Å². The molecule has 0 aromatic carbocycles. The molecule has 1 rings (SSSR count). The van der Waals surface area contributed by atoms with Crippen LogP contribution in [0.25, 0.3) is 0 Å². The first-order valence-electron chi connectivity index (χ1n) is 4.99. The molecule has 1 N–H and O–H groups in total. The van der Waals surface area contributed by atoms with Crippen molar-refractivity contribution in [3.8, 4) is 0 Å². The summed E-state index contributed by atoms with van der Waals surface area (Å²) in [7, 11) is 0. The average Bonchev–Trinajstić information content (AvgIpc) is 2.08. The zero-order valence-electron chi connectivity index (χ0n) is 9.13. The second kappa shape index (κ2) is 4.09. The van der Waals surface area contributed by atoms with E-state index in [9.17, 15) is 9.90 Å². The Bertz CT molecular complexity index is 297. The smallest absolute Gasteiger partial charge is 0.159 e. The Morgan fingerprint density at radius 1 is 1.57 bits per heavy atom. The standard InChI is InChI=1S/C12H18O2/c1-7(2)10-5-11(9(4)13)8(3)12(14)6-10/h9-10,13H,1,5-6H2,2-4H3. The highest BCUT2D eigenvalue weighted by molar-refractivity contribution is 5.97. The molecule has 1 aliphatic rings. The van der Waals surface area contributed by atoms with Crippen LogP contribution in [0, 0.1) is 5.92 Å². The fourth-order valence-electron chi connectivity index (χ4n) is 1.88. The fraction of sp³-hybridized carbons (Fsp3) is 0.583. The van der Waals surface area contributed by atoms with Crippen molar-refractivity contribution in [3.63, 3.8) is 0 Å². The molecule has 2 heteroatoms. The Labute approximate surface area is 85.3 Å². The molecule has 0 amide bonds. The Morgan fingerprint density at radius 3 is 2.57 bits per heavy atom. The molecule has 14 heavy (non-hydrogen) atoms. The van der Waals surface area contributed by atoms with Gasteiger partial charge >= 0.3 is 0 Å². The summed E-state index contributed by atoms with van der Waals surface area (Å²) in [6.45, 7) is 9.34. The quantitative estimate of drug-likeness (QED) is 0.684. The normalized spacial score (nSPS) is 25.1. The van der Waals surface area contributed by atoms with Gasteiger partial charge < -0.3 is 5.11 Å². The van der Waals surface area contributed by atoms with Gasteiger partial charge in [0.15, 0.2) is 5.78 Å². The number of carbonyl (C=O) groups excluding carboxylic acids is 1. The van der Waals surface area contributed by atoms with Gasteiger partial charge in [0.1, 0.15) is 0 Å². The molecule has 0 saturated carbocycles. The van der Waals surface area contributed by atoms with Crippen LogP contribution in [-0.4, -0.2) is 17.0 Å². The van der Waals surface area contributed by atoms with Crippen LogP contribution in [0.4, 0.5) is 0 Å². The maximum Gasteiger partial charge on any atom is 0.159 e. The maximum atomic E-state index is 11.6. The summed E-state index contributed by atoms with van der Waals surface area (Å²) in [6.07, 6.45) is 0.822. The van der Waals surface area contributed by atoms with Gasteiger partial charge in [0.2, 0.25) is 0 Å². The lowest BCUT2D eigenvalue weighted by Crippen LogP contribution is -2.23. The summed E-state index contributed by atoms with van der Waals surface area (Å²) < 4.78 is 0. The van der Waals surface area contributed by atoms with Gasteiger partial charge in [-0.15, -0.1) is 0 Å². The minimum absolute atomic E-state index is 0.153. The van der Waals surface area contributed by atoms with Gasteiger partial charge in [0.25, 0.3) is 0 Å². The molecule has 0 aromatic rings. The third kappa shape index (κ3) is 2.13. The summed E-state index contributed by atoms with van der Waals surface area (Å²) in [5.74, 6) is 0.371. The molecular formula is C12H18O2. The van der Waals surface area contributed by atoms with E-state index in [4.69, 9.17) is 0 Å². The number of aliphatic hydroxyl groups is 1. The highest BCUT2D eigenvalue weighted by Gasteiger charge is 2.27. The molecule has 0 aromatic heterocycles. The molecule has 2 unspecified atom stereocenters. The Kier molecular flexibility index (Phi) is 3.27. The topological polar surface area (TPSA) is 37.3 Å². The van der Waals surface area contributed by atoms with Crippen molar-refractivity contribution in [2.75, 3.05) is 0 Å². The van der Waals surface area contributed by atoms with E-state index in [1.807, 2.05) is 6.92 Å². The number of Topliss-reactive ketones (excluding diaryl/α,β-unsaturated/α-hetero) is 1. The Hall–Kier alpha value is -0.890. The van der Waals surface area contributed by atoms with Gasteiger partial charge in [-0.2, -0.15) is 0 Å². The lowest BCUT2D eigenvalue weighted by molar-refractivity contribution is -0.116. The van der Waals surface area contributed by atoms with Crippen LogP contribution in [0.1, 0.15) is 33.6 Å². The zero-order valence-corrected chi connectivity index (χ0v) is 9.13. The van der Waals surface area contributed by atoms with Crippen molar-refractivity contribution in [2.24, 2.45) is 5.92 Å². The number of ketones is 1. The predicted molar refractivity (Wildman–Crippen MR) is 56.9 cm³/mol.